The molecule has 2 aromatic heterocycles. The van der Waals surface area contributed by atoms with Crippen molar-refractivity contribution in [3.05, 3.63) is 66.5 Å². The van der Waals surface area contributed by atoms with Crippen LogP contribution in [0.25, 0.3) is 5.52 Å². The third-order valence-corrected chi connectivity index (χ3v) is 7.69. The number of rotatable bonds is 9. The molecule has 1 aliphatic heterocycles. The van der Waals surface area contributed by atoms with E-state index in [4.69, 9.17) is 24.3 Å². The van der Waals surface area contributed by atoms with Gasteiger partial charge in [-0.25, -0.2) is 14.1 Å². The van der Waals surface area contributed by atoms with Crippen molar-refractivity contribution < 1.29 is 38.1 Å². The number of hydrogen-bond acceptors (Lipinski definition) is 11. The van der Waals surface area contributed by atoms with Crippen LogP contribution in [-0.2, 0) is 29.0 Å². The Balaban J connectivity index is 1.64. The number of carbonyl (C=O) groups excluding carboxylic acids is 1. The molecule has 0 aliphatic carbocycles. The molecule has 1 saturated heterocycles. The molecular formula is C25H32N5O8P. The molecular weight excluding hydrogens is 529 g/mol. The van der Waals surface area contributed by atoms with Gasteiger partial charge < -0.3 is 34.5 Å². The molecule has 1 aliphatic rings. The van der Waals surface area contributed by atoms with Gasteiger partial charge in [0.2, 0.25) is 0 Å². The Bertz CT molecular complexity index is 1430. The summed E-state index contributed by atoms with van der Waals surface area (Å²) in [4.78, 5) is 16.6. The zero-order valence-electron chi connectivity index (χ0n) is 22.1. The second kappa shape index (κ2) is 10.5. The van der Waals surface area contributed by atoms with E-state index in [-0.39, 0.29) is 17.3 Å². The molecule has 3 heterocycles. The molecule has 4 rings (SSSR count). The minimum absolute atomic E-state index is 0.189. The number of hydrogen-bond donors (Lipinski definition) is 4. The first-order valence-corrected chi connectivity index (χ1v) is 13.7. The standard InChI is InChI=1S/C25H32N5O8P/c1-15(2)36-23(33)24(3,4)29-39(34,38-16-9-7-6-8-10-16)35-13-18-20(31)21(32)25(5,37-18)19-12-11-17-22(26)27-14-28-30(17)19/h6-15,20-21,31-32H,1-5H3,(H,29,34)(H2,26,27,28)/b18-13+/t20-,21-,25+,39?/m1/s1. The van der Waals surface area contributed by atoms with Crippen molar-refractivity contribution in [1.29, 1.82) is 0 Å². The van der Waals surface area contributed by atoms with E-state index < -0.39 is 43.2 Å². The van der Waals surface area contributed by atoms with E-state index in [1.807, 2.05) is 0 Å². The summed E-state index contributed by atoms with van der Waals surface area (Å²) < 4.78 is 37.8. The Hall–Kier alpha value is -3.64. The number of nitrogens with two attached hydrogens (primary N) is 1. The molecule has 1 unspecified atom stereocenters. The van der Waals surface area contributed by atoms with Crippen LogP contribution in [0, 0.1) is 0 Å². The highest BCUT2D eigenvalue weighted by Crippen LogP contribution is 2.49. The summed E-state index contributed by atoms with van der Waals surface area (Å²) in [6.07, 6.45) is -1.31. The number of carbonyl (C=O) groups is 1. The number of fused-ring (bicyclic) bond motifs is 1. The number of anilines is 1. The average molecular weight is 562 g/mol. The first-order valence-electron chi connectivity index (χ1n) is 12.1. The van der Waals surface area contributed by atoms with E-state index in [1.54, 1.807) is 63.2 Å². The van der Waals surface area contributed by atoms with E-state index >= 15 is 0 Å². The first-order chi connectivity index (χ1) is 18.3. The molecule has 13 nitrogen and oxygen atoms in total. The molecule has 3 aromatic rings. The highest BCUT2D eigenvalue weighted by Gasteiger charge is 2.53. The Kier molecular flexibility index (Phi) is 7.63. The minimum atomic E-state index is -4.35. The van der Waals surface area contributed by atoms with Gasteiger partial charge in [0.15, 0.2) is 17.2 Å². The van der Waals surface area contributed by atoms with Crippen LogP contribution in [0.1, 0.15) is 40.3 Å². The first kappa shape index (κ1) is 28.4. The maximum absolute atomic E-state index is 13.9. The van der Waals surface area contributed by atoms with Crippen LogP contribution < -0.4 is 15.3 Å². The molecule has 1 fully saturated rings. The van der Waals surface area contributed by atoms with Crippen molar-refractivity contribution >= 4 is 25.1 Å². The molecule has 0 radical (unpaired) electrons. The number of ether oxygens (including phenoxy) is 2. The van der Waals surface area contributed by atoms with E-state index in [9.17, 15) is 19.6 Å². The smallest absolute Gasteiger partial charge is 0.477 e. The largest absolute Gasteiger partial charge is 0.513 e. The number of para-hydroxylation sites is 1. The van der Waals surface area contributed by atoms with Crippen LogP contribution >= 0.6 is 7.75 Å². The fourth-order valence-corrected chi connectivity index (χ4v) is 5.57. The minimum Gasteiger partial charge on any atom is -0.477 e. The Morgan fingerprint density at radius 2 is 1.95 bits per heavy atom. The number of nitrogen functional groups attached to an aromatic ring is 1. The van der Waals surface area contributed by atoms with Crippen LogP contribution in [0.15, 0.2) is 60.8 Å². The van der Waals surface area contributed by atoms with Gasteiger partial charge in [-0.15, -0.1) is 0 Å². The van der Waals surface area contributed by atoms with Crippen molar-refractivity contribution in [3.8, 4) is 5.75 Å². The van der Waals surface area contributed by atoms with Gasteiger partial charge in [0.25, 0.3) is 0 Å². The fraction of sp³-hybridized carbons (Fsp3) is 0.400. The molecule has 0 bridgehead atoms. The highest BCUT2D eigenvalue weighted by atomic mass is 31.2. The van der Waals surface area contributed by atoms with Crippen molar-refractivity contribution in [2.75, 3.05) is 5.73 Å². The van der Waals surface area contributed by atoms with Gasteiger partial charge in [-0.05, 0) is 58.9 Å². The van der Waals surface area contributed by atoms with Gasteiger partial charge in [0, 0.05) is 0 Å². The molecule has 0 amide bonds. The maximum atomic E-state index is 13.9. The van der Waals surface area contributed by atoms with Gasteiger partial charge in [-0.3, -0.25) is 4.79 Å². The normalized spacial score (nSPS) is 23.9. The predicted molar refractivity (Wildman–Crippen MR) is 140 cm³/mol. The number of esters is 1. The molecule has 4 atom stereocenters. The van der Waals surface area contributed by atoms with Crippen molar-refractivity contribution in [1.82, 2.24) is 19.7 Å². The summed E-state index contributed by atoms with van der Waals surface area (Å²) in [6, 6.07) is 11.5. The zero-order chi connectivity index (χ0) is 28.6. The van der Waals surface area contributed by atoms with Crippen LogP contribution in [-0.4, -0.2) is 54.6 Å². The van der Waals surface area contributed by atoms with Crippen LogP contribution in [0.2, 0.25) is 0 Å². The van der Waals surface area contributed by atoms with Gasteiger partial charge in [-0.2, -0.15) is 10.2 Å². The second-order valence-electron chi connectivity index (χ2n) is 9.98. The zero-order valence-corrected chi connectivity index (χ0v) is 23.0. The summed E-state index contributed by atoms with van der Waals surface area (Å²) >= 11 is 0. The summed E-state index contributed by atoms with van der Waals surface area (Å²) in [5.41, 5.74) is 3.77. The summed E-state index contributed by atoms with van der Waals surface area (Å²) in [5, 5.41) is 28.5. The molecule has 210 valence electrons. The van der Waals surface area contributed by atoms with Gasteiger partial charge in [0.1, 0.15) is 41.6 Å². The van der Waals surface area contributed by atoms with Gasteiger partial charge >= 0.3 is 13.7 Å². The van der Waals surface area contributed by atoms with Crippen LogP contribution in [0.5, 0.6) is 5.75 Å². The van der Waals surface area contributed by atoms with E-state index in [1.165, 1.54) is 24.7 Å². The molecule has 0 saturated carbocycles. The van der Waals surface area contributed by atoms with E-state index in [2.05, 4.69) is 15.2 Å². The SMILES string of the molecule is CC(C)OC(=O)C(C)(C)NP(=O)(O/C=C1/O[C@@](C)(c2ccc3c(N)ncnn23)[C@H](O)[C@@H]1O)Oc1ccccc1. The quantitative estimate of drug-likeness (QED) is 0.171. The lowest BCUT2D eigenvalue weighted by molar-refractivity contribution is -0.153. The number of nitrogens with zero attached hydrogens (tertiary/aromatic N) is 3. The van der Waals surface area contributed by atoms with E-state index in [0.29, 0.717) is 11.2 Å². The van der Waals surface area contributed by atoms with Crippen molar-refractivity contribution in [3.63, 3.8) is 0 Å². The number of aromatic nitrogens is 3. The van der Waals surface area contributed by atoms with Crippen LogP contribution in [0.4, 0.5) is 5.82 Å². The predicted octanol–water partition coefficient (Wildman–Crippen LogP) is 2.64. The summed E-state index contributed by atoms with van der Waals surface area (Å²) in [7, 11) is -4.35. The lowest BCUT2D eigenvalue weighted by Gasteiger charge is -2.29. The van der Waals surface area contributed by atoms with Crippen molar-refractivity contribution in [2.45, 2.75) is 64.1 Å². The molecule has 1 aromatic carbocycles. The molecule has 5 N–H and O–H groups in total. The van der Waals surface area contributed by atoms with E-state index in [0.717, 1.165) is 6.26 Å². The van der Waals surface area contributed by atoms with Crippen molar-refractivity contribution in [2.24, 2.45) is 0 Å². The third-order valence-electron chi connectivity index (χ3n) is 6.02. The Morgan fingerprint density at radius 3 is 2.62 bits per heavy atom. The second-order valence-corrected chi connectivity index (χ2v) is 11.6. The summed E-state index contributed by atoms with van der Waals surface area (Å²) in [5.74, 6) is -0.513. The van der Waals surface area contributed by atoms with Gasteiger partial charge in [-0.1, -0.05) is 18.2 Å². The Morgan fingerprint density at radius 1 is 1.26 bits per heavy atom. The molecule has 0 spiro atoms. The molecule has 39 heavy (non-hydrogen) atoms. The average Bonchev–Trinajstić information content (AvgIpc) is 3.40. The lowest BCUT2D eigenvalue weighted by atomic mass is 9.94. The lowest BCUT2D eigenvalue weighted by Crippen LogP contribution is -2.47. The van der Waals surface area contributed by atoms with Gasteiger partial charge in [0.05, 0.1) is 11.8 Å². The number of nitrogens with one attached hydrogen (secondary N) is 1. The topological polar surface area (TPSA) is 180 Å². The Labute approximate surface area is 225 Å². The molecule has 14 heteroatoms. The fourth-order valence-electron chi connectivity index (χ4n) is 4.01. The highest BCUT2D eigenvalue weighted by molar-refractivity contribution is 7.52. The summed E-state index contributed by atoms with van der Waals surface area (Å²) in [6.45, 7) is 7.84. The monoisotopic (exact) mass is 561 g/mol. The maximum Gasteiger partial charge on any atom is 0.513 e. The number of aliphatic hydroxyl groups excluding tert-OH is 2. The third kappa shape index (κ3) is 5.71. The van der Waals surface area contributed by atoms with Crippen LogP contribution in [0.3, 0.4) is 0 Å². The number of aliphatic hydroxyl groups is 2. The number of benzene rings is 1.